The van der Waals surface area contributed by atoms with Crippen molar-refractivity contribution in [2.24, 2.45) is 0 Å². The van der Waals surface area contributed by atoms with Crippen molar-refractivity contribution in [2.45, 2.75) is 6.04 Å². The highest BCUT2D eigenvalue weighted by molar-refractivity contribution is 5.83. The van der Waals surface area contributed by atoms with Crippen LogP contribution in [0.1, 0.15) is 0 Å². The third-order valence-electron chi connectivity index (χ3n) is 2.85. The van der Waals surface area contributed by atoms with Gasteiger partial charge in [0.25, 0.3) is 0 Å². The van der Waals surface area contributed by atoms with Gasteiger partial charge in [0.2, 0.25) is 5.91 Å². The van der Waals surface area contributed by atoms with Crippen LogP contribution in [0.3, 0.4) is 0 Å². The first kappa shape index (κ1) is 12.2. The fourth-order valence-electron chi connectivity index (χ4n) is 1.75. The Morgan fingerprint density at radius 1 is 1.33 bits per heavy atom. The van der Waals surface area contributed by atoms with Crippen molar-refractivity contribution < 1.29 is 4.79 Å². The average molecular weight is 211 g/mol. The molecule has 0 unspecified atom stereocenters. The van der Waals surface area contributed by atoms with Crippen molar-refractivity contribution in [1.29, 1.82) is 0 Å². The largest absolute Gasteiger partial charge is 0.338 e. The molecule has 1 fully saturated rings. The summed E-state index contributed by atoms with van der Waals surface area (Å²) in [6, 6.07) is -0.187. The molecule has 86 valence electrons. The van der Waals surface area contributed by atoms with Crippen molar-refractivity contribution in [3.8, 4) is 0 Å². The number of carbonyl (C=O) groups is 1. The van der Waals surface area contributed by atoms with E-state index in [0.717, 1.165) is 26.2 Å². The maximum Gasteiger partial charge on any atom is 0.243 e. The molecule has 0 aromatic heterocycles. The van der Waals surface area contributed by atoms with Crippen LogP contribution in [0, 0.1) is 0 Å². The summed E-state index contributed by atoms with van der Waals surface area (Å²) in [5.41, 5.74) is 0. The zero-order valence-electron chi connectivity index (χ0n) is 9.94. The van der Waals surface area contributed by atoms with Gasteiger partial charge in [-0.1, -0.05) is 6.08 Å². The smallest absolute Gasteiger partial charge is 0.243 e. The molecule has 1 aliphatic heterocycles. The molecule has 4 heteroatoms. The average Bonchev–Trinajstić information content (AvgIpc) is 2.19. The summed E-state index contributed by atoms with van der Waals surface area (Å²) >= 11 is 0. The van der Waals surface area contributed by atoms with Gasteiger partial charge in [-0.3, -0.25) is 9.69 Å². The number of piperazine rings is 1. The zero-order chi connectivity index (χ0) is 11.4. The molecule has 0 aromatic carbocycles. The first-order valence-corrected chi connectivity index (χ1v) is 5.32. The van der Waals surface area contributed by atoms with Crippen molar-refractivity contribution in [2.75, 3.05) is 47.3 Å². The van der Waals surface area contributed by atoms with Gasteiger partial charge in [0.15, 0.2) is 0 Å². The second kappa shape index (κ2) is 5.28. The molecule has 1 atom stereocenters. The van der Waals surface area contributed by atoms with Crippen LogP contribution in [0.4, 0.5) is 0 Å². The lowest BCUT2D eigenvalue weighted by Gasteiger charge is -2.35. The van der Waals surface area contributed by atoms with E-state index in [-0.39, 0.29) is 11.9 Å². The Bertz CT molecular complexity index is 232. The van der Waals surface area contributed by atoms with Crippen LogP contribution in [0.2, 0.25) is 0 Å². The molecule has 1 saturated heterocycles. The SMILES string of the molecule is C=C[C@H](C(=O)N1CCN(C)CC1)N(C)C. The molecule has 0 radical (unpaired) electrons. The summed E-state index contributed by atoms with van der Waals surface area (Å²) in [5.74, 6) is 0.170. The Balaban J connectivity index is 2.55. The van der Waals surface area contributed by atoms with E-state index in [9.17, 15) is 4.79 Å². The van der Waals surface area contributed by atoms with Gasteiger partial charge in [-0.05, 0) is 21.1 Å². The quantitative estimate of drug-likeness (QED) is 0.609. The maximum atomic E-state index is 12.1. The van der Waals surface area contributed by atoms with Gasteiger partial charge >= 0.3 is 0 Å². The van der Waals surface area contributed by atoms with E-state index in [1.165, 1.54) is 0 Å². The topological polar surface area (TPSA) is 26.8 Å². The van der Waals surface area contributed by atoms with Gasteiger partial charge in [0.05, 0.1) is 0 Å². The van der Waals surface area contributed by atoms with Crippen LogP contribution in [-0.4, -0.2) is 74.0 Å². The predicted molar refractivity (Wildman–Crippen MR) is 61.7 cm³/mol. The molecule has 1 heterocycles. The summed E-state index contributed by atoms with van der Waals surface area (Å²) < 4.78 is 0. The van der Waals surface area contributed by atoms with Crippen LogP contribution >= 0.6 is 0 Å². The highest BCUT2D eigenvalue weighted by Gasteiger charge is 2.25. The van der Waals surface area contributed by atoms with E-state index < -0.39 is 0 Å². The Morgan fingerprint density at radius 3 is 2.27 bits per heavy atom. The predicted octanol–water partition coefficient (Wildman–Crippen LogP) is -0.123. The lowest BCUT2D eigenvalue weighted by molar-refractivity contribution is -0.136. The third-order valence-corrected chi connectivity index (χ3v) is 2.85. The van der Waals surface area contributed by atoms with E-state index in [4.69, 9.17) is 0 Å². The van der Waals surface area contributed by atoms with Crippen molar-refractivity contribution in [3.63, 3.8) is 0 Å². The molecule has 0 N–H and O–H groups in total. The summed E-state index contributed by atoms with van der Waals surface area (Å²) in [5, 5.41) is 0. The van der Waals surface area contributed by atoms with E-state index >= 15 is 0 Å². The number of rotatable bonds is 3. The van der Waals surface area contributed by atoms with Crippen molar-refractivity contribution in [1.82, 2.24) is 14.7 Å². The van der Waals surface area contributed by atoms with E-state index in [1.54, 1.807) is 6.08 Å². The number of nitrogens with zero attached hydrogens (tertiary/aromatic N) is 3. The molecule has 1 aliphatic rings. The molecule has 4 nitrogen and oxygen atoms in total. The molecular formula is C11H21N3O. The van der Waals surface area contributed by atoms with E-state index in [0.29, 0.717) is 0 Å². The number of carbonyl (C=O) groups excluding carboxylic acids is 1. The van der Waals surface area contributed by atoms with Crippen LogP contribution in [0.15, 0.2) is 12.7 Å². The number of hydrogen-bond acceptors (Lipinski definition) is 3. The first-order valence-electron chi connectivity index (χ1n) is 5.32. The highest BCUT2D eigenvalue weighted by atomic mass is 16.2. The summed E-state index contributed by atoms with van der Waals surface area (Å²) in [6.07, 6.45) is 1.71. The van der Waals surface area contributed by atoms with Gasteiger partial charge in [-0.25, -0.2) is 0 Å². The third kappa shape index (κ3) is 3.04. The Labute approximate surface area is 92.1 Å². The number of likely N-dealkylation sites (N-methyl/N-ethyl adjacent to an activating group) is 2. The fourth-order valence-corrected chi connectivity index (χ4v) is 1.75. The highest BCUT2D eigenvalue weighted by Crippen LogP contribution is 2.05. The molecule has 0 spiro atoms. The van der Waals surface area contributed by atoms with Gasteiger partial charge < -0.3 is 9.80 Å². The van der Waals surface area contributed by atoms with Crippen LogP contribution in [0.25, 0.3) is 0 Å². The minimum Gasteiger partial charge on any atom is -0.338 e. The van der Waals surface area contributed by atoms with Crippen LogP contribution in [0.5, 0.6) is 0 Å². The second-order valence-corrected chi connectivity index (χ2v) is 4.27. The lowest BCUT2D eigenvalue weighted by atomic mass is 10.2. The molecular weight excluding hydrogens is 190 g/mol. The fraction of sp³-hybridized carbons (Fsp3) is 0.727. The Kier molecular flexibility index (Phi) is 4.29. The maximum absolute atomic E-state index is 12.1. The molecule has 0 aromatic rings. The first-order chi connectivity index (χ1) is 7.06. The van der Waals surface area contributed by atoms with E-state index in [2.05, 4.69) is 18.5 Å². The van der Waals surface area contributed by atoms with Crippen molar-refractivity contribution in [3.05, 3.63) is 12.7 Å². The second-order valence-electron chi connectivity index (χ2n) is 4.27. The van der Waals surface area contributed by atoms with E-state index in [1.807, 2.05) is 23.9 Å². The minimum atomic E-state index is -0.187. The summed E-state index contributed by atoms with van der Waals surface area (Å²) in [7, 11) is 5.89. The van der Waals surface area contributed by atoms with Crippen LogP contribution < -0.4 is 0 Å². The Morgan fingerprint density at radius 2 is 1.87 bits per heavy atom. The molecule has 0 aliphatic carbocycles. The molecule has 15 heavy (non-hydrogen) atoms. The molecule has 0 bridgehead atoms. The zero-order valence-corrected chi connectivity index (χ0v) is 9.94. The van der Waals surface area contributed by atoms with Gasteiger partial charge in [-0.15, -0.1) is 6.58 Å². The summed E-state index contributed by atoms with van der Waals surface area (Å²) in [6.45, 7) is 7.29. The molecule has 1 rings (SSSR count). The van der Waals surface area contributed by atoms with Gasteiger partial charge in [-0.2, -0.15) is 0 Å². The number of hydrogen-bond donors (Lipinski definition) is 0. The van der Waals surface area contributed by atoms with Gasteiger partial charge in [0.1, 0.15) is 6.04 Å². The standard InChI is InChI=1S/C11H21N3O/c1-5-10(12(2)3)11(15)14-8-6-13(4)7-9-14/h5,10H,1,6-9H2,2-4H3/t10-/m1/s1. The molecule has 0 saturated carbocycles. The van der Waals surface area contributed by atoms with Gasteiger partial charge in [0, 0.05) is 26.2 Å². The summed E-state index contributed by atoms with van der Waals surface area (Å²) in [4.78, 5) is 18.1. The monoisotopic (exact) mass is 211 g/mol. The Hall–Kier alpha value is -0.870. The van der Waals surface area contributed by atoms with Crippen LogP contribution in [-0.2, 0) is 4.79 Å². The minimum absolute atomic E-state index is 0.170. The normalized spacial score (nSPS) is 20.4. The molecule has 1 amide bonds. The lowest BCUT2D eigenvalue weighted by Crippen LogP contribution is -2.52. The van der Waals surface area contributed by atoms with Crippen molar-refractivity contribution >= 4 is 5.91 Å². The number of amides is 1.